The second-order valence-electron chi connectivity index (χ2n) is 13.6. The molecule has 4 atom stereocenters. The summed E-state index contributed by atoms with van der Waals surface area (Å²) in [5, 5.41) is 24.8. The Balaban J connectivity index is 0.000000940. The number of hydrogen-bond donors (Lipinski definition) is 6. The van der Waals surface area contributed by atoms with Crippen LogP contribution in [0.3, 0.4) is 0 Å². The number of carboxylic acids is 1. The lowest BCUT2D eigenvalue weighted by Crippen LogP contribution is -2.56. The number of ether oxygens (including phenoxy) is 1. The molecular weight excluding hydrogens is 745 g/mol. The zero-order valence-electron chi connectivity index (χ0n) is 31.3. The first-order chi connectivity index (χ1) is 27.1. The highest BCUT2D eigenvalue weighted by Gasteiger charge is 2.40. The Labute approximate surface area is 327 Å². The first-order valence-electron chi connectivity index (χ1n) is 18.2. The lowest BCUT2D eigenvalue weighted by atomic mass is 10.0. The minimum atomic E-state index is -5.08. The molecule has 0 bridgehead atoms. The van der Waals surface area contributed by atoms with E-state index in [1.807, 2.05) is 47.4 Å². The van der Waals surface area contributed by atoms with E-state index in [4.69, 9.17) is 26.1 Å². The number of carbonyl (C=O) groups is 4. The van der Waals surface area contributed by atoms with Crippen LogP contribution in [0.4, 0.5) is 13.2 Å². The van der Waals surface area contributed by atoms with Gasteiger partial charge >= 0.3 is 12.1 Å². The quantitative estimate of drug-likeness (QED) is 0.0579. The third kappa shape index (κ3) is 14.1. The van der Waals surface area contributed by atoms with Crippen LogP contribution in [0.1, 0.15) is 42.9 Å². The number of aromatic hydroxyl groups is 1. The molecule has 304 valence electrons. The second-order valence-corrected chi connectivity index (χ2v) is 13.6. The smallest absolute Gasteiger partial charge is 0.490 e. The third-order valence-electron chi connectivity index (χ3n) is 9.16. The molecule has 1 saturated heterocycles. The summed E-state index contributed by atoms with van der Waals surface area (Å²) in [4.78, 5) is 55.3. The molecule has 0 aliphatic carbocycles. The predicted molar refractivity (Wildman–Crippen MR) is 208 cm³/mol. The summed E-state index contributed by atoms with van der Waals surface area (Å²) in [6, 6.07) is 28.4. The van der Waals surface area contributed by atoms with Gasteiger partial charge in [0.2, 0.25) is 17.7 Å². The lowest BCUT2D eigenvalue weighted by Gasteiger charge is -2.30. The molecule has 8 N–H and O–H groups in total. The number of guanidine groups is 1. The summed E-state index contributed by atoms with van der Waals surface area (Å²) >= 11 is 0. The molecule has 5 rings (SSSR count). The Morgan fingerprint density at radius 3 is 2.09 bits per heavy atom. The van der Waals surface area contributed by atoms with Crippen molar-refractivity contribution in [2.45, 2.75) is 76.0 Å². The second kappa shape index (κ2) is 20.7. The van der Waals surface area contributed by atoms with Crippen LogP contribution in [0.25, 0.3) is 10.8 Å². The maximum absolute atomic E-state index is 14.5. The summed E-state index contributed by atoms with van der Waals surface area (Å²) in [7, 11) is 0. The number of alkyl halides is 3. The van der Waals surface area contributed by atoms with Gasteiger partial charge in [0.1, 0.15) is 17.8 Å². The highest BCUT2D eigenvalue weighted by molar-refractivity contribution is 5.92. The zero-order chi connectivity index (χ0) is 41.5. The van der Waals surface area contributed by atoms with Gasteiger partial charge in [-0.3, -0.25) is 19.4 Å². The molecule has 16 heteroatoms. The van der Waals surface area contributed by atoms with Gasteiger partial charge in [0.05, 0.1) is 12.7 Å². The number of rotatable bonds is 15. The highest BCUT2D eigenvalue weighted by atomic mass is 19.4. The number of benzene rings is 4. The molecule has 0 radical (unpaired) electrons. The number of aliphatic carboxylic acids is 1. The Morgan fingerprint density at radius 2 is 1.46 bits per heavy atom. The molecule has 1 heterocycles. The molecule has 0 unspecified atom stereocenters. The first kappa shape index (κ1) is 43.6. The van der Waals surface area contributed by atoms with E-state index in [1.54, 1.807) is 12.1 Å². The molecule has 1 aliphatic rings. The number of nitrogens with zero attached hydrogens (tertiary/aromatic N) is 2. The van der Waals surface area contributed by atoms with Crippen LogP contribution in [0.15, 0.2) is 102 Å². The number of carboxylic acid groups (broad SMARTS) is 1. The van der Waals surface area contributed by atoms with Gasteiger partial charge in [-0.05, 0) is 64.9 Å². The fourth-order valence-electron chi connectivity index (χ4n) is 6.46. The molecular formula is C41H47F3N6O7. The minimum absolute atomic E-state index is 0.0209. The average Bonchev–Trinajstić information content (AvgIpc) is 3.58. The molecule has 1 fully saturated rings. The van der Waals surface area contributed by atoms with Gasteiger partial charge in [0.25, 0.3) is 0 Å². The number of phenols is 1. The predicted octanol–water partition coefficient (Wildman–Crippen LogP) is 4.19. The molecule has 4 aromatic carbocycles. The maximum atomic E-state index is 14.5. The molecule has 4 aromatic rings. The van der Waals surface area contributed by atoms with Gasteiger partial charge in [0, 0.05) is 38.9 Å². The third-order valence-corrected chi connectivity index (χ3v) is 9.16. The number of hydrogen-bond acceptors (Lipinski definition) is 7. The lowest BCUT2D eigenvalue weighted by molar-refractivity contribution is -0.192. The molecule has 0 aromatic heterocycles. The van der Waals surface area contributed by atoms with Crippen molar-refractivity contribution in [3.63, 3.8) is 0 Å². The molecule has 0 saturated carbocycles. The fourth-order valence-corrected chi connectivity index (χ4v) is 6.46. The summed E-state index contributed by atoms with van der Waals surface area (Å²) in [6.45, 7) is 2.55. The number of halogens is 3. The highest BCUT2D eigenvalue weighted by Crippen LogP contribution is 2.27. The van der Waals surface area contributed by atoms with Crippen LogP contribution in [0.5, 0.6) is 5.75 Å². The summed E-state index contributed by atoms with van der Waals surface area (Å²) in [5.41, 5.74) is 13.8. The number of amides is 3. The van der Waals surface area contributed by atoms with Crippen LogP contribution < -0.4 is 22.1 Å². The Kier molecular flexibility index (Phi) is 15.8. The number of nitrogens with one attached hydrogen (secondary N) is 2. The van der Waals surface area contributed by atoms with Crippen molar-refractivity contribution in [1.29, 1.82) is 0 Å². The van der Waals surface area contributed by atoms with Crippen molar-refractivity contribution in [3.05, 3.63) is 114 Å². The van der Waals surface area contributed by atoms with Gasteiger partial charge in [-0.1, -0.05) is 78.9 Å². The summed E-state index contributed by atoms with van der Waals surface area (Å²) in [5.74, 6) is -3.71. The standard InChI is InChI=1S/C39H46N6O5.C2HF3O2/c1-26(46)43-35(21-28-14-17-33(47)18-15-28)37(48)44-36(22-27-8-3-2-4-9-27)38(49)45-24-34(23-32(45)12-7-19-42-39(40)41)50-25-29-13-16-30-10-5-6-11-31(30)20-29;3-2(4,5)1(6)7/h2-6,8-11,13-18,20,32,34-36,47H,7,12,19,21-25H2,1H3,(H,43,46)(H,44,48)(H4,40,41,42);(H,6,7)/t32-,34-,35+,36-;/m1./s1. The van der Waals surface area contributed by atoms with Gasteiger partial charge in [-0.25, -0.2) is 4.79 Å². The average molecular weight is 793 g/mol. The zero-order valence-corrected chi connectivity index (χ0v) is 31.3. The fraction of sp³-hybridized carbons (Fsp3) is 0.341. The Bertz CT molecular complexity index is 1990. The van der Waals surface area contributed by atoms with Crippen molar-refractivity contribution in [3.8, 4) is 5.75 Å². The van der Waals surface area contributed by atoms with Crippen LogP contribution in [0, 0.1) is 0 Å². The van der Waals surface area contributed by atoms with E-state index in [9.17, 15) is 32.7 Å². The van der Waals surface area contributed by atoms with E-state index in [0.717, 1.165) is 27.5 Å². The van der Waals surface area contributed by atoms with E-state index in [-0.39, 0.29) is 48.5 Å². The molecule has 57 heavy (non-hydrogen) atoms. The van der Waals surface area contributed by atoms with E-state index in [0.29, 0.717) is 39.0 Å². The molecule has 1 aliphatic heterocycles. The van der Waals surface area contributed by atoms with Gasteiger partial charge in [-0.15, -0.1) is 0 Å². The number of phenolic OH excluding ortho intramolecular Hbond substituents is 1. The monoisotopic (exact) mass is 792 g/mol. The van der Waals surface area contributed by atoms with E-state index in [2.05, 4.69) is 46.0 Å². The summed E-state index contributed by atoms with van der Waals surface area (Å²) < 4.78 is 38.2. The van der Waals surface area contributed by atoms with Gasteiger partial charge in [-0.2, -0.15) is 13.2 Å². The van der Waals surface area contributed by atoms with E-state index >= 15 is 0 Å². The van der Waals surface area contributed by atoms with Crippen LogP contribution in [0.2, 0.25) is 0 Å². The topological polar surface area (TPSA) is 210 Å². The first-order valence-corrected chi connectivity index (χ1v) is 18.2. The van der Waals surface area contributed by atoms with Crippen molar-refractivity contribution < 1.29 is 47.3 Å². The molecule has 3 amide bonds. The number of carbonyl (C=O) groups excluding carboxylic acids is 3. The van der Waals surface area contributed by atoms with E-state index < -0.39 is 30.1 Å². The van der Waals surface area contributed by atoms with Gasteiger partial charge in [0.15, 0.2) is 5.96 Å². The normalized spacial score (nSPS) is 16.1. The van der Waals surface area contributed by atoms with E-state index in [1.165, 1.54) is 19.1 Å². The molecule has 0 spiro atoms. The SMILES string of the molecule is CC(=O)N[C@@H](Cc1ccc(O)cc1)C(=O)N[C@H](Cc1ccccc1)C(=O)N1C[C@H](OCc2ccc3ccccc3c2)C[C@H]1CCCN=C(N)N.O=C(O)C(F)(F)F. The Morgan fingerprint density at radius 1 is 0.860 bits per heavy atom. The van der Waals surface area contributed by atoms with Crippen molar-refractivity contribution in [2.24, 2.45) is 16.5 Å². The largest absolute Gasteiger partial charge is 0.508 e. The summed E-state index contributed by atoms with van der Waals surface area (Å²) in [6.07, 6.45) is -2.91. The van der Waals surface area contributed by atoms with Crippen molar-refractivity contribution >= 4 is 40.4 Å². The number of likely N-dealkylation sites (tertiary alicyclic amines) is 1. The van der Waals surface area contributed by atoms with Crippen molar-refractivity contribution in [1.82, 2.24) is 15.5 Å². The van der Waals surface area contributed by atoms with Crippen LogP contribution in [-0.2, 0) is 43.4 Å². The van der Waals surface area contributed by atoms with Crippen LogP contribution >= 0.6 is 0 Å². The number of nitrogens with two attached hydrogens (primary N) is 2. The van der Waals surface area contributed by atoms with Crippen LogP contribution in [-0.4, -0.2) is 88.3 Å². The number of aliphatic imine (C=N–C) groups is 1. The van der Waals surface area contributed by atoms with Gasteiger partial charge < -0.3 is 42.0 Å². The Hall–Kier alpha value is -6.16. The number of fused-ring (bicyclic) bond motifs is 1. The minimum Gasteiger partial charge on any atom is -0.508 e. The maximum Gasteiger partial charge on any atom is 0.490 e. The van der Waals surface area contributed by atoms with Crippen molar-refractivity contribution in [2.75, 3.05) is 13.1 Å². The molecule has 13 nitrogen and oxygen atoms in total.